The number of nitrogens with one attached hydrogen (secondary N) is 1. The standard InChI is InChI=1S/C13H9Cl2FN2O3/c1-6(18)8(4-17)12(19)5-21-13(20)7-2-11(16)10(15)3-9(7)14/h2-3,8,18H,5H2,1H3. The van der Waals surface area contributed by atoms with Crippen LogP contribution in [0.1, 0.15) is 17.3 Å². The fraction of sp³-hybridized carbons (Fsp3) is 0.231. The molecule has 0 fully saturated rings. The third-order valence-corrected chi connectivity index (χ3v) is 3.06. The molecule has 0 spiro atoms. The van der Waals surface area contributed by atoms with Gasteiger partial charge in [-0.25, -0.2) is 9.18 Å². The van der Waals surface area contributed by atoms with Crippen LogP contribution < -0.4 is 0 Å². The summed E-state index contributed by atoms with van der Waals surface area (Å²) in [5, 5.41) is 15.6. The van der Waals surface area contributed by atoms with Crippen LogP contribution in [0.25, 0.3) is 0 Å². The summed E-state index contributed by atoms with van der Waals surface area (Å²) in [4.78, 5) is 23.3. The second kappa shape index (κ2) is 7.16. The maximum atomic E-state index is 13.3. The van der Waals surface area contributed by atoms with Gasteiger partial charge in [-0.3, -0.25) is 4.79 Å². The van der Waals surface area contributed by atoms with Crippen molar-refractivity contribution in [2.75, 3.05) is 6.61 Å². The van der Waals surface area contributed by atoms with Crippen LogP contribution in [-0.4, -0.2) is 24.1 Å². The lowest BCUT2D eigenvalue weighted by Gasteiger charge is -2.09. The van der Waals surface area contributed by atoms with E-state index in [0.29, 0.717) is 0 Å². The highest BCUT2D eigenvalue weighted by Gasteiger charge is 2.23. The second-order valence-corrected chi connectivity index (χ2v) is 4.85. The van der Waals surface area contributed by atoms with Crippen molar-refractivity contribution in [3.8, 4) is 6.07 Å². The summed E-state index contributed by atoms with van der Waals surface area (Å²) in [6, 6.07) is 3.45. The molecule has 1 aromatic rings. The first-order chi connectivity index (χ1) is 9.77. The van der Waals surface area contributed by atoms with Gasteiger partial charge in [-0.05, 0) is 19.1 Å². The third kappa shape index (κ3) is 4.25. The summed E-state index contributed by atoms with van der Waals surface area (Å²) in [6.45, 7) is 0.576. The number of carbonyl (C=O) groups is 2. The van der Waals surface area contributed by atoms with E-state index in [-0.39, 0.29) is 21.3 Å². The molecule has 1 aromatic carbocycles. The lowest BCUT2D eigenvalue weighted by Crippen LogP contribution is -2.25. The zero-order valence-corrected chi connectivity index (χ0v) is 12.3. The van der Waals surface area contributed by atoms with Gasteiger partial charge in [0.15, 0.2) is 12.4 Å². The smallest absolute Gasteiger partial charge is 0.340 e. The molecule has 1 rings (SSSR count). The average molecular weight is 331 g/mol. The highest BCUT2D eigenvalue weighted by Crippen LogP contribution is 2.24. The van der Waals surface area contributed by atoms with Gasteiger partial charge in [-0.1, -0.05) is 23.2 Å². The summed E-state index contributed by atoms with van der Waals surface area (Å²) in [5.41, 5.74) is -0.444. The molecule has 8 heteroatoms. The first kappa shape index (κ1) is 17.1. The predicted molar refractivity (Wildman–Crippen MR) is 74.2 cm³/mol. The van der Waals surface area contributed by atoms with Crippen molar-refractivity contribution in [1.29, 1.82) is 10.7 Å². The molecule has 0 aliphatic rings. The molecule has 0 radical (unpaired) electrons. The monoisotopic (exact) mass is 330 g/mol. The fourth-order valence-electron chi connectivity index (χ4n) is 1.39. The lowest BCUT2D eigenvalue weighted by atomic mass is 10.0. The number of nitrogens with zero attached hydrogens (tertiary/aromatic N) is 1. The highest BCUT2D eigenvalue weighted by atomic mass is 35.5. The topological polar surface area (TPSA) is 91.0 Å². The van der Waals surface area contributed by atoms with E-state index >= 15 is 0 Å². The van der Waals surface area contributed by atoms with E-state index in [1.54, 1.807) is 6.07 Å². The first-order valence-electron chi connectivity index (χ1n) is 5.57. The molecule has 0 saturated heterocycles. The maximum absolute atomic E-state index is 13.3. The summed E-state index contributed by atoms with van der Waals surface area (Å²) in [5.74, 6) is -3.91. The summed E-state index contributed by atoms with van der Waals surface area (Å²) < 4.78 is 17.9. The summed E-state index contributed by atoms with van der Waals surface area (Å²) in [7, 11) is 0. The Labute approximate surface area is 129 Å². The largest absolute Gasteiger partial charge is 0.454 e. The maximum Gasteiger partial charge on any atom is 0.340 e. The number of esters is 1. The van der Waals surface area contributed by atoms with Crippen LogP contribution in [0.5, 0.6) is 0 Å². The van der Waals surface area contributed by atoms with Crippen molar-refractivity contribution in [3.05, 3.63) is 33.6 Å². The van der Waals surface area contributed by atoms with Gasteiger partial charge in [0.25, 0.3) is 0 Å². The average Bonchev–Trinajstić information content (AvgIpc) is 2.40. The molecule has 0 bridgehead atoms. The molecule has 0 heterocycles. The van der Waals surface area contributed by atoms with Crippen molar-refractivity contribution in [1.82, 2.24) is 0 Å². The number of nitriles is 1. The fourth-order valence-corrected chi connectivity index (χ4v) is 1.85. The lowest BCUT2D eigenvalue weighted by molar-refractivity contribution is -0.122. The van der Waals surface area contributed by atoms with E-state index < -0.39 is 30.1 Å². The highest BCUT2D eigenvalue weighted by molar-refractivity contribution is 6.36. The normalized spacial score (nSPS) is 11.4. The molecule has 21 heavy (non-hydrogen) atoms. The molecular weight excluding hydrogens is 322 g/mol. The van der Waals surface area contributed by atoms with Gasteiger partial charge in [0.2, 0.25) is 0 Å². The van der Waals surface area contributed by atoms with Gasteiger partial charge in [0.05, 0.1) is 21.7 Å². The van der Waals surface area contributed by atoms with Gasteiger partial charge in [-0.2, -0.15) is 5.26 Å². The van der Waals surface area contributed by atoms with E-state index in [2.05, 4.69) is 4.74 Å². The van der Waals surface area contributed by atoms with Gasteiger partial charge in [0, 0.05) is 5.71 Å². The minimum Gasteiger partial charge on any atom is -0.454 e. The van der Waals surface area contributed by atoms with Crippen LogP contribution in [0.2, 0.25) is 10.0 Å². The molecule has 110 valence electrons. The zero-order chi connectivity index (χ0) is 16.2. The molecular formula is C13H9Cl2FN2O3. The number of rotatable bonds is 5. The third-order valence-electron chi connectivity index (χ3n) is 2.46. The molecule has 1 N–H and O–H groups in total. The number of hydrogen-bond acceptors (Lipinski definition) is 5. The second-order valence-electron chi connectivity index (χ2n) is 4.03. The summed E-state index contributed by atoms with van der Waals surface area (Å²) >= 11 is 11.2. The van der Waals surface area contributed by atoms with Crippen LogP contribution in [0.4, 0.5) is 4.39 Å². The number of Topliss-reactive ketones (excluding diaryl/α,β-unsaturated/α-hetero) is 1. The van der Waals surface area contributed by atoms with Crippen molar-refractivity contribution in [2.24, 2.45) is 5.92 Å². The molecule has 0 aromatic heterocycles. The van der Waals surface area contributed by atoms with Crippen LogP contribution >= 0.6 is 23.2 Å². The Morgan fingerprint density at radius 1 is 1.43 bits per heavy atom. The van der Waals surface area contributed by atoms with Crippen molar-refractivity contribution >= 4 is 40.7 Å². The van der Waals surface area contributed by atoms with Crippen LogP contribution in [-0.2, 0) is 9.53 Å². The Morgan fingerprint density at radius 2 is 2.05 bits per heavy atom. The van der Waals surface area contributed by atoms with E-state index in [0.717, 1.165) is 12.1 Å². The van der Waals surface area contributed by atoms with Gasteiger partial charge >= 0.3 is 5.97 Å². The zero-order valence-electron chi connectivity index (χ0n) is 10.7. The molecule has 5 nitrogen and oxygen atoms in total. The molecule has 1 unspecified atom stereocenters. The SMILES string of the molecule is CC(=N)C(C#N)C(=O)COC(=O)c1cc(F)c(Cl)cc1Cl. The minimum absolute atomic E-state index is 0.126. The Morgan fingerprint density at radius 3 is 2.57 bits per heavy atom. The number of hydrogen-bond donors (Lipinski definition) is 1. The summed E-state index contributed by atoms with van der Waals surface area (Å²) in [6.07, 6.45) is 0. The number of ether oxygens (including phenoxy) is 1. The van der Waals surface area contributed by atoms with Gasteiger partial charge < -0.3 is 10.1 Å². The number of benzene rings is 1. The molecule has 1 atom stereocenters. The van der Waals surface area contributed by atoms with E-state index in [1.165, 1.54) is 6.92 Å². The van der Waals surface area contributed by atoms with E-state index in [4.69, 9.17) is 33.9 Å². The van der Waals surface area contributed by atoms with Crippen molar-refractivity contribution in [2.45, 2.75) is 6.92 Å². The number of carbonyl (C=O) groups excluding carboxylic acids is 2. The Kier molecular flexibility index (Phi) is 5.82. The number of ketones is 1. The molecule has 0 aliphatic heterocycles. The Bertz CT molecular complexity index is 656. The van der Waals surface area contributed by atoms with Crippen molar-refractivity contribution < 1.29 is 18.7 Å². The Hall–Kier alpha value is -1.97. The van der Waals surface area contributed by atoms with Crippen LogP contribution in [0.3, 0.4) is 0 Å². The number of halogens is 3. The first-order valence-corrected chi connectivity index (χ1v) is 6.32. The van der Waals surface area contributed by atoms with Gasteiger partial charge in [0.1, 0.15) is 11.7 Å². The minimum atomic E-state index is -1.28. The van der Waals surface area contributed by atoms with Crippen LogP contribution in [0.15, 0.2) is 12.1 Å². The van der Waals surface area contributed by atoms with Crippen LogP contribution in [0, 0.1) is 28.5 Å². The van der Waals surface area contributed by atoms with E-state index in [9.17, 15) is 14.0 Å². The predicted octanol–water partition coefficient (Wildman–Crippen LogP) is 3.04. The van der Waals surface area contributed by atoms with Crippen molar-refractivity contribution in [3.63, 3.8) is 0 Å². The van der Waals surface area contributed by atoms with Gasteiger partial charge in [-0.15, -0.1) is 0 Å². The Balaban J connectivity index is 2.80. The molecule has 0 saturated carbocycles. The quantitative estimate of drug-likeness (QED) is 0.510. The van der Waals surface area contributed by atoms with E-state index in [1.807, 2.05) is 0 Å². The molecule has 0 aliphatic carbocycles. The molecule has 0 amide bonds.